The summed E-state index contributed by atoms with van der Waals surface area (Å²) in [5.41, 5.74) is 0. The molecule has 51 valence electrons. The van der Waals surface area contributed by atoms with Crippen molar-refractivity contribution in [2.45, 2.75) is 0 Å². The summed E-state index contributed by atoms with van der Waals surface area (Å²) >= 11 is 0. The van der Waals surface area contributed by atoms with Crippen LogP contribution in [0.15, 0.2) is 0 Å². The number of nitrogens with zero attached hydrogens (tertiary/aromatic N) is 1. The Bertz CT molecular complexity index is 91.7. The van der Waals surface area contributed by atoms with Gasteiger partial charge in [-0.25, -0.2) is 0 Å². The van der Waals surface area contributed by atoms with E-state index in [1.165, 1.54) is 0 Å². The molecule has 0 atom stereocenters. The van der Waals surface area contributed by atoms with Gasteiger partial charge in [-0.3, -0.25) is 0 Å². The minimum Gasteiger partial charge on any atom is -0.383 e. The van der Waals surface area contributed by atoms with E-state index in [1.807, 2.05) is 6.07 Å². The zero-order valence-corrected chi connectivity index (χ0v) is 5.68. The second-order valence-corrected chi connectivity index (χ2v) is 1.58. The number of hydrogen-bond acceptors (Lipinski definition) is 3. The van der Waals surface area contributed by atoms with Crippen LogP contribution in [0.4, 0.5) is 0 Å². The van der Waals surface area contributed by atoms with Gasteiger partial charge in [-0.05, 0) is 0 Å². The molecule has 0 aromatic heterocycles. The van der Waals surface area contributed by atoms with Gasteiger partial charge in [0.05, 0.1) is 19.3 Å². The summed E-state index contributed by atoms with van der Waals surface area (Å²) < 4.78 is 9.42. The third kappa shape index (κ3) is 3.95. The first-order valence-electron chi connectivity index (χ1n) is 2.57. The fourth-order valence-corrected chi connectivity index (χ4v) is 0.455. The Kier molecular flexibility index (Phi) is 5.18. The van der Waals surface area contributed by atoms with Crippen LogP contribution in [0.1, 0.15) is 0 Å². The second-order valence-electron chi connectivity index (χ2n) is 1.58. The van der Waals surface area contributed by atoms with Crippen molar-refractivity contribution in [1.82, 2.24) is 0 Å². The first kappa shape index (κ1) is 8.41. The summed E-state index contributed by atoms with van der Waals surface area (Å²) in [5.74, 6) is 0.611. The van der Waals surface area contributed by atoms with Gasteiger partial charge >= 0.3 is 0 Å². The third-order valence-electron chi connectivity index (χ3n) is 0.795. The van der Waals surface area contributed by atoms with E-state index in [0.717, 1.165) is 0 Å². The quantitative estimate of drug-likeness (QED) is 0.549. The second kappa shape index (κ2) is 5.54. The van der Waals surface area contributed by atoms with Gasteiger partial charge in [0.15, 0.2) is 0 Å². The summed E-state index contributed by atoms with van der Waals surface area (Å²) in [4.78, 5) is 0. The zero-order chi connectivity index (χ0) is 7.11. The Morgan fingerprint density at radius 1 is 1.33 bits per heavy atom. The first-order valence-corrected chi connectivity index (χ1v) is 2.57. The highest BCUT2D eigenvalue weighted by Crippen LogP contribution is 1.96. The smallest absolute Gasteiger partial charge is 0.127 e. The molecule has 0 aromatic carbocycles. The van der Waals surface area contributed by atoms with E-state index >= 15 is 0 Å². The predicted octanol–water partition coefficient (Wildman–Crippen LogP) is 0.377. The summed E-state index contributed by atoms with van der Waals surface area (Å²) in [7, 11) is 3.10. The van der Waals surface area contributed by atoms with Gasteiger partial charge < -0.3 is 9.47 Å². The average molecular weight is 128 g/mol. The summed E-state index contributed by atoms with van der Waals surface area (Å²) in [6, 6.07) is 1.97. The number of hydrogen-bond donors (Lipinski definition) is 0. The molecule has 0 N–H and O–H groups in total. The van der Waals surface area contributed by atoms with Crippen molar-refractivity contribution in [3.63, 3.8) is 0 Å². The van der Waals surface area contributed by atoms with E-state index < -0.39 is 0 Å². The number of methoxy groups -OCH3 is 2. The maximum atomic E-state index is 8.34. The molecule has 3 nitrogen and oxygen atoms in total. The lowest BCUT2D eigenvalue weighted by molar-refractivity contribution is 0.165. The van der Waals surface area contributed by atoms with Crippen molar-refractivity contribution in [2.75, 3.05) is 27.4 Å². The highest BCUT2D eigenvalue weighted by atomic mass is 16.5. The minimum absolute atomic E-state index is 0.365. The molecule has 0 fully saturated rings. The monoisotopic (exact) mass is 128 g/mol. The van der Waals surface area contributed by atoms with E-state index in [4.69, 9.17) is 14.7 Å². The zero-order valence-electron chi connectivity index (χ0n) is 5.68. The van der Waals surface area contributed by atoms with Gasteiger partial charge in [0, 0.05) is 14.2 Å². The maximum absolute atomic E-state index is 8.34. The lowest BCUT2D eigenvalue weighted by atomic mass is 10.2. The van der Waals surface area contributed by atoms with Crippen molar-refractivity contribution in [3.05, 3.63) is 5.92 Å². The molecular formula is C6H10NO2. The SMILES string of the molecule is COC[C](C#N)COC. The van der Waals surface area contributed by atoms with Crippen LogP contribution in [0.3, 0.4) is 0 Å². The van der Waals surface area contributed by atoms with Crippen molar-refractivity contribution < 1.29 is 9.47 Å². The molecule has 3 heteroatoms. The van der Waals surface area contributed by atoms with Crippen LogP contribution in [0.2, 0.25) is 0 Å². The topological polar surface area (TPSA) is 42.2 Å². The molecule has 0 heterocycles. The van der Waals surface area contributed by atoms with Gasteiger partial charge in [0.2, 0.25) is 0 Å². The highest BCUT2D eigenvalue weighted by molar-refractivity contribution is 5.11. The molecule has 0 unspecified atom stereocenters. The molecule has 0 saturated carbocycles. The molecule has 0 aromatic rings. The Labute approximate surface area is 55.2 Å². The van der Waals surface area contributed by atoms with Crippen molar-refractivity contribution in [1.29, 1.82) is 5.26 Å². The molecular weight excluding hydrogens is 118 g/mol. The standard InChI is InChI=1S/C6H10NO2/c1-8-4-6(3-7)5-9-2/h4-5H2,1-2H3. The largest absolute Gasteiger partial charge is 0.383 e. The summed E-state index contributed by atoms with van der Waals surface area (Å²) in [6.45, 7) is 0.731. The Hall–Kier alpha value is -0.590. The Morgan fingerprint density at radius 3 is 2.00 bits per heavy atom. The van der Waals surface area contributed by atoms with E-state index in [1.54, 1.807) is 14.2 Å². The van der Waals surface area contributed by atoms with Crippen LogP contribution in [0, 0.1) is 17.2 Å². The first-order chi connectivity index (χ1) is 4.35. The summed E-state index contributed by atoms with van der Waals surface area (Å²) in [5, 5.41) is 8.34. The number of nitriles is 1. The molecule has 1 radical (unpaired) electrons. The minimum atomic E-state index is 0.365. The van der Waals surface area contributed by atoms with Crippen LogP contribution in [-0.2, 0) is 9.47 Å². The molecule has 0 spiro atoms. The Balaban J connectivity index is 3.32. The van der Waals surface area contributed by atoms with Gasteiger partial charge in [-0.15, -0.1) is 0 Å². The van der Waals surface area contributed by atoms with E-state index in [0.29, 0.717) is 19.1 Å². The molecule has 0 aliphatic carbocycles. The summed E-state index contributed by atoms with van der Waals surface area (Å²) in [6.07, 6.45) is 0. The lowest BCUT2D eigenvalue weighted by Gasteiger charge is -2.02. The fourth-order valence-electron chi connectivity index (χ4n) is 0.455. The van der Waals surface area contributed by atoms with E-state index in [-0.39, 0.29) is 0 Å². The van der Waals surface area contributed by atoms with Crippen LogP contribution >= 0.6 is 0 Å². The van der Waals surface area contributed by atoms with Crippen molar-refractivity contribution >= 4 is 0 Å². The molecule has 0 aliphatic rings. The highest BCUT2D eigenvalue weighted by Gasteiger charge is 2.05. The average Bonchev–Trinajstić information content (AvgIpc) is 1.88. The molecule has 0 amide bonds. The molecule has 0 saturated heterocycles. The molecule has 0 aliphatic heterocycles. The van der Waals surface area contributed by atoms with Gasteiger partial charge in [-0.2, -0.15) is 5.26 Å². The third-order valence-corrected chi connectivity index (χ3v) is 0.795. The lowest BCUT2D eigenvalue weighted by Crippen LogP contribution is -2.09. The van der Waals surface area contributed by atoms with Crippen LogP contribution in [0.25, 0.3) is 0 Å². The van der Waals surface area contributed by atoms with Crippen LogP contribution in [0.5, 0.6) is 0 Å². The molecule has 9 heavy (non-hydrogen) atoms. The predicted molar refractivity (Wildman–Crippen MR) is 32.6 cm³/mol. The molecule has 0 bridgehead atoms. The normalized spacial score (nSPS) is 9.56. The van der Waals surface area contributed by atoms with Crippen LogP contribution < -0.4 is 0 Å². The van der Waals surface area contributed by atoms with E-state index in [2.05, 4.69) is 0 Å². The fraction of sp³-hybridized carbons (Fsp3) is 0.667. The number of ether oxygens (including phenoxy) is 2. The van der Waals surface area contributed by atoms with Crippen molar-refractivity contribution in [2.24, 2.45) is 0 Å². The van der Waals surface area contributed by atoms with Gasteiger partial charge in [0.25, 0.3) is 0 Å². The number of rotatable bonds is 4. The Morgan fingerprint density at radius 2 is 1.78 bits per heavy atom. The maximum Gasteiger partial charge on any atom is 0.127 e. The van der Waals surface area contributed by atoms with Gasteiger partial charge in [-0.1, -0.05) is 0 Å². The van der Waals surface area contributed by atoms with Crippen LogP contribution in [-0.4, -0.2) is 27.4 Å². The van der Waals surface area contributed by atoms with E-state index in [9.17, 15) is 0 Å². The van der Waals surface area contributed by atoms with Crippen molar-refractivity contribution in [3.8, 4) is 6.07 Å². The molecule has 0 rings (SSSR count). The van der Waals surface area contributed by atoms with Gasteiger partial charge in [0.1, 0.15) is 5.92 Å².